The van der Waals surface area contributed by atoms with Gasteiger partial charge in [0.05, 0.1) is 22.8 Å². The van der Waals surface area contributed by atoms with Crippen molar-refractivity contribution in [3.8, 4) is 11.8 Å². The van der Waals surface area contributed by atoms with Gasteiger partial charge in [-0.25, -0.2) is 9.37 Å². The molecule has 4 rings (SSSR count). The topological polar surface area (TPSA) is 58.7 Å². The summed E-state index contributed by atoms with van der Waals surface area (Å²) < 4.78 is 15.3. The number of rotatable bonds is 0. The van der Waals surface area contributed by atoms with E-state index in [9.17, 15) is 14.4 Å². The molecule has 0 saturated heterocycles. The highest BCUT2D eigenvalue weighted by Gasteiger charge is 2.35. The van der Waals surface area contributed by atoms with Gasteiger partial charge in [0.25, 0.3) is 0 Å². The van der Waals surface area contributed by atoms with Crippen LogP contribution in [0.4, 0.5) is 4.39 Å². The number of hydrogen-bond donors (Lipinski definition) is 0. The molecule has 3 aromatic rings. The summed E-state index contributed by atoms with van der Waals surface area (Å²) in [7, 11) is 0. The van der Waals surface area contributed by atoms with Crippen molar-refractivity contribution in [1.29, 1.82) is 5.26 Å². The van der Waals surface area contributed by atoms with Crippen LogP contribution < -0.4 is 0 Å². The molecule has 21 heavy (non-hydrogen) atoms. The van der Waals surface area contributed by atoms with Crippen LogP contribution in [-0.2, 0) is 0 Å². The summed E-state index contributed by atoms with van der Waals surface area (Å²) in [5.74, 6) is -1.38. The van der Waals surface area contributed by atoms with Crippen LogP contribution in [-0.4, -0.2) is 15.3 Å². The lowest BCUT2D eigenvalue weighted by Crippen LogP contribution is -2.23. The molecular weight excluding hydrogens is 269 g/mol. The molecule has 0 amide bonds. The van der Waals surface area contributed by atoms with Crippen molar-refractivity contribution in [2.45, 2.75) is 5.92 Å². The summed E-state index contributed by atoms with van der Waals surface area (Å²) in [5, 5.41) is 9.32. The molecule has 0 fully saturated rings. The molecule has 1 aliphatic rings. The minimum absolute atomic E-state index is 0.338. The Labute approximate surface area is 119 Å². The Morgan fingerprint density at radius 2 is 2.05 bits per heavy atom. The molecule has 5 heteroatoms. The van der Waals surface area contributed by atoms with E-state index in [2.05, 4.69) is 4.98 Å². The van der Waals surface area contributed by atoms with E-state index >= 15 is 0 Å². The van der Waals surface area contributed by atoms with Gasteiger partial charge in [0.2, 0.25) is 0 Å². The zero-order valence-corrected chi connectivity index (χ0v) is 10.7. The minimum atomic E-state index is -0.963. The van der Waals surface area contributed by atoms with E-state index in [1.165, 1.54) is 18.2 Å². The molecule has 4 nitrogen and oxygen atoms in total. The fourth-order valence-electron chi connectivity index (χ4n) is 2.78. The van der Waals surface area contributed by atoms with Gasteiger partial charge >= 0.3 is 0 Å². The van der Waals surface area contributed by atoms with Crippen LogP contribution in [0.5, 0.6) is 0 Å². The monoisotopic (exact) mass is 277 g/mol. The molecule has 0 bridgehead atoms. The Morgan fingerprint density at radius 3 is 2.86 bits per heavy atom. The molecule has 0 N–H and O–H groups in total. The fourth-order valence-corrected chi connectivity index (χ4v) is 2.78. The lowest BCUT2D eigenvalue weighted by atomic mass is 9.93. The van der Waals surface area contributed by atoms with Crippen molar-refractivity contribution in [1.82, 2.24) is 9.55 Å². The molecule has 100 valence electrons. The highest BCUT2D eigenvalue weighted by Crippen LogP contribution is 2.35. The second-order valence-electron chi connectivity index (χ2n) is 4.88. The number of halogens is 1. The van der Waals surface area contributed by atoms with E-state index in [4.69, 9.17) is 0 Å². The number of ketones is 1. The standard InChI is InChI=1S/C16H8FN3O/c17-9-5-6-10-14(7-9)20-13-4-2-1-3-12(13)19-16(20)11(8-18)15(10)21/h1-7,11H. The lowest BCUT2D eigenvalue weighted by molar-refractivity contribution is 0.0971. The Morgan fingerprint density at radius 1 is 1.24 bits per heavy atom. The molecule has 0 saturated carbocycles. The van der Waals surface area contributed by atoms with Gasteiger partial charge < -0.3 is 0 Å². The summed E-state index contributed by atoms with van der Waals surface area (Å²) in [4.78, 5) is 16.8. The number of para-hydroxylation sites is 2. The number of carbonyl (C=O) groups excluding carboxylic acids is 1. The number of imidazole rings is 1. The summed E-state index contributed by atoms with van der Waals surface area (Å²) in [6.07, 6.45) is 0. The number of hydrogen-bond acceptors (Lipinski definition) is 3. The first kappa shape index (κ1) is 11.8. The van der Waals surface area contributed by atoms with Gasteiger partial charge in [0.15, 0.2) is 11.7 Å². The van der Waals surface area contributed by atoms with Crippen LogP contribution in [0.3, 0.4) is 0 Å². The van der Waals surface area contributed by atoms with Gasteiger partial charge in [-0.1, -0.05) is 12.1 Å². The highest BCUT2D eigenvalue weighted by molar-refractivity contribution is 6.07. The zero-order valence-electron chi connectivity index (χ0n) is 10.7. The minimum Gasteiger partial charge on any atom is -0.294 e. The second kappa shape index (κ2) is 4.00. The largest absolute Gasteiger partial charge is 0.294 e. The molecule has 2 aromatic carbocycles. The molecular formula is C16H8FN3O. The fraction of sp³-hybridized carbons (Fsp3) is 0.0625. The second-order valence-corrected chi connectivity index (χ2v) is 4.88. The number of fused-ring (bicyclic) bond motifs is 5. The molecule has 2 heterocycles. The molecule has 0 spiro atoms. The first-order chi connectivity index (χ1) is 10.2. The van der Waals surface area contributed by atoms with Gasteiger partial charge in [-0.2, -0.15) is 5.26 Å². The SMILES string of the molecule is N#CC1C(=O)c2ccc(F)cc2-n2c1nc1ccccc12. The van der Waals surface area contributed by atoms with Gasteiger partial charge in [0.1, 0.15) is 11.6 Å². The summed E-state index contributed by atoms with van der Waals surface area (Å²) >= 11 is 0. The first-order valence-electron chi connectivity index (χ1n) is 6.42. The number of aromatic nitrogens is 2. The maximum atomic E-state index is 13.6. The average Bonchev–Trinajstić information content (AvgIpc) is 2.86. The smallest absolute Gasteiger partial charge is 0.189 e. The Hall–Kier alpha value is -3.00. The Kier molecular flexibility index (Phi) is 2.24. The number of Topliss-reactive ketones (excluding diaryl/α,β-unsaturated/α-hetero) is 1. The van der Waals surface area contributed by atoms with Crippen molar-refractivity contribution < 1.29 is 9.18 Å². The Balaban J connectivity index is 2.18. The van der Waals surface area contributed by atoms with Gasteiger partial charge in [0, 0.05) is 5.56 Å². The van der Waals surface area contributed by atoms with Gasteiger partial charge in [-0.05, 0) is 30.3 Å². The van der Waals surface area contributed by atoms with E-state index in [0.717, 1.165) is 5.52 Å². The number of benzene rings is 2. The van der Waals surface area contributed by atoms with E-state index in [1.54, 1.807) is 10.6 Å². The van der Waals surface area contributed by atoms with E-state index in [0.29, 0.717) is 22.6 Å². The van der Waals surface area contributed by atoms with Crippen LogP contribution >= 0.6 is 0 Å². The predicted molar refractivity (Wildman–Crippen MR) is 73.7 cm³/mol. The highest BCUT2D eigenvalue weighted by atomic mass is 19.1. The van der Waals surface area contributed by atoms with E-state index < -0.39 is 11.7 Å². The average molecular weight is 277 g/mol. The van der Waals surface area contributed by atoms with Crippen molar-refractivity contribution in [2.24, 2.45) is 0 Å². The molecule has 0 aliphatic carbocycles. The summed E-state index contributed by atoms with van der Waals surface area (Å²) in [6.45, 7) is 0. The zero-order chi connectivity index (χ0) is 14.6. The normalized spacial score (nSPS) is 16.4. The van der Waals surface area contributed by atoms with Gasteiger partial charge in [-0.3, -0.25) is 9.36 Å². The van der Waals surface area contributed by atoms with Crippen molar-refractivity contribution in [3.63, 3.8) is 0 Å². The van der Waals surface area contributed by atoms with Crippen LogP contribution in [0, 0.1) is 17.1 Å². The third-order valence-corrected chi connectivity index (χ3v) is 3.70. The number of carbonyl (C=O) groups is 1. The third-order valence-electron chi connectivity index (χ3n) is 3.70. The number of nitriles is 1. The molecule has 1 atom stereocenters. The van der Waals surface area contributed by atoms with Crippen molar-refractivity contribution in [3.05, 3.63) is 59.7 Å². The Bertz CT molecular complexity index is 952. The summed E-state index contributed by atoms with van der Waals surface area (Å²) in [5.41, 5.74) is 2.22. The van der Waals surface area contributed by atoms with Crippen LogP contribution in [0.15, 0.2) is 42.5 Å². The predicted octanol–water partition coefficient (Wildman–Crippen LogP) is 2.97. The number of nitrogens with zero attached hydrogens (tertiary/aromatic N) is 3. The molecule has 0 radical (unpaired) electrons. The third kappa shape index (κ3) is 1.47. The van der Waals surface area contributed by atoms with E-state index in [-0.39, 0.29) is 5.78 Å². The van der Waals surface area contributed by atoms with Crippen LogP contribution in [0.1, 0.15) is 22.1 Å². The quantitative estimate of drug-likeness (QED) is 0.634. The van der Waals surface area contributed by atoms with Gasteiger partial charge in [-0.15, -0.1) is 0 Å². The maximum Gasteiger partial charge on any atom is 0.189 e. The molecule has 1 aromatic heterocycles. The van der Waals surface area contributed by atoms with Crippen molar-refractivity contribution >= 4 is 16.8 Å². The van der Waals surface area contributed by atoms with Crippen molar-refractivity contribution in [2.75, 3.05) is 0 Å². The van der Waals surface area contributed by atoms with Crippen LogP contribution in [0.2, 0.25) is 0 Å². The lowest BCUT2D eigenvalue weighted by Gasteiger charge is -2.21. The van der Waals surface area contributed by atoms with E-state index in [1.807, 2.05) is 24.3 Å². The summed E-state index contributed by atoms with van der Waals surface area (Å²) in [6, 6.07) is 13.3. The first-order valence-corrected chi connectivity index (χ1v) is 6.42. The molecule has 1 aliphatic heterocycles. The maximum absolute atomic E-state index is 13.6. The van der Waals surface area contributed by atoms with Crippen LogP contribution in [0.25, 0.3) is 16.7 Å². The molecule has 1 unspecified atom stereocenters.